The fraction of sp³-hybridized carbons (Fsp3) is 0.350. The third kappa shape index (κ3) is 3.45. The quantitative estimate of drug-likeness (QED) is 0.710. The van der Waals surface area contributed by atoms with Gasteiger partial charge in [0.25, 0.3) is 5.91 Å². The van der Waals surface area contributed by atoms with Crippen molar-refractivity contribution in [2.45, 2.75) is 13.8 Å². The highest BCUT2D eigenvalue weighted by molar-refractivity contribution is 5.93. The van der Waals surface area contributed by atoms with E-state index in [0.717, 1.165) is 13.1 Å². The van der Waals surface area contributed by atoms with E-state index >= 15 is 0 Å². The first-order chi connectivity index (χ1) is 13.2. The second kappa shape index (κ2) is 7.26. The molecule has 0 unspecified atom stereocenters. The molecule has 0 bridgehead atoms. The maximum atomic E-state index is 12.9. The molecule has 3 heterocycles. The highest BCUT2D eigenvalue weighted by Gasteiger charge is 2.24. The zero-order chi connectivity index (χ0) is 18.8. The van der Waals surface area contributed by atoms with E-state index in [9.17, 15) is 4.79 Å². The summed E-state index contributed by atoms with van der Waals surface area (Å²) in [4.78, 5) is 21.5. The van der Waals surface area contributed by atoms with Crippen molar-refractivity contribution < 1.29 is 9.53 Å². The number of hydrogen-bond donors (Lipinski definition) is 0. The van der Waals surface area contributed by atoms with Gasteiger partial charge in [0.15, 0.2) is 5.65 Å². The molecule has 0 atom stereocenters. The van der Waals surface area contributed by atoms with E-state index in [1.807, 2.05) is 24.0 Å². The summed E-state index contributed by atoms with van der Waals surface area (Å²) in [6, 6.07) is 11.9. The first-order valence-corrected chi connectivity index (χ1v) is 9.25. The molecular weight excluding hydrogens is 342 g/mol. The van der Waals surface area contributed by atoms with Crippen LogP contribution in [0.15, 0.2) is 42.6 Å². The fourth-order valence-corrected chi connectivity index (χ4v) is 3.42. The number of ether oxygens (including phenoxy) is 1. The van der Waals surface area contributed by atoms with Crippen LogP contribution in [-0.4, -0.2) is 58.2 Å². The predicted octanol–water partition coefficient (Wildman–Crippen LogP) is 2.40. The number of nitrogens with zero attached hydrogens (tertiary/aromatic N) is 5. The standard InChI is InChI=1S/C20H23N5O2/c1-3-27-19-9-8-18-21-16(14-25(18)22-19)20(26)24-12-10-23(11-13-24)17-7-5-4-6-15(17)2/h4-9,14H,3,10-13H2,1-2H3. The summed E-state index contributed by atoms with van der Waals surface area (Å²) in [5, 5.41) is 4.33. The molecule has 7 heteroatoms. The summed E-state index contributed by atoms with van der Waals surface area (Å²) >= 11 is 0. The molecule has 0 N–H and O–H groups in total. The molecule has 27 heavy (non-hydrogen) atoms. The van der Waals surface area contributed by atoms with Crippen molar-refractivity contribution in [3.05, 3.63) is 53.9 Å². The Balaban J connectivity index is 1.46. The van der Waals surface area contributed by atoms with Gasteiger partial charge in [-0.05, 0) is 31.5 Å². The molecule has 1 amide bonds. The third-order valence-electron chi connectivity index (χ3n) is 4.83. The van der Waals surface area contributed by atoms with Crippen LogP contribution < -0.4 is 9.64 Å². The largest absolute Gasteiger partial charge is 0.477 e. The van der Waals surface area contributed by atoms with Gasteiger partial charge in [0.05, 0.1) is 12.8 Å². The van der Waals surface area contributed by atoms with Crippen LogP contribution >= 0.6 is 0 Å². The molecule has 0 saturated carbocycles. The number of carbonyl (C=O) groups is 1. The first kappa shape index (κ1) is 17.3. The Morgan fingerprint density at radius 3 is 2.63 bits per heavy atom. The number of anilines is 1. The SMILES string of the molecule is CCOc1ccc2nc(C(=O)N3CCN(c4ccccc4C)CC3)cn2n1. The number of hydrogen-bond acceptors (Lipinski definition) is 5. The minimum absolute atomic E-state index is 0.0529. The predicted molar refractivity (Wildman–Crippen MR) is 103 cm³/mol. The second-order valence-corrected chi connectivity index (χ2v) is 6.60. The average molecular weight is 365 g/mol. The van der Waals surface area contributed by atoms with Gasteiger partial charge in [0, 0.05) is 37.9 Å². The summed E-state index contributed by atoms with van der Waals surface area (Å²) in [7, 11) is 0. The first-order valence-electron chi connectivity index (χ1n) is 9.25. The maximum Gasteiger partial charge on any atom is 0.274 e. The van der Waals surface area contributed by atoms with Crippen LogP contribution in [0.5, 0.6) is 5.88 Å². The van der Waals surface area contributed by atoms with Crippen molar-refractivity contribution in [1.29, 1.82) is 0 Å². The number of benzene rings is 1. The van der Waals surface area contributed by atoms with Crippen LogP contribution in [0.4, 0.5) is 5.69 Å². The van der Waals surface area contributed by atoms with Crippen molar-refractivity contribution in [2.24, 2.45) is 0 Å². The smallest absolute Gasteiger partial charge is 0.274 e. The monoisotopic (exact) mass is 365 g/mol. The van der Waals surface area contributed by atoms with Crippen LogP contribution in [0.3, 0.4) is 0 Å². The van der Waals surface area contributed by atoms with Crippen molar-refractivity contribution in [3.63, 3.8) is 0 Å². The van der Waals surface area contributed by atoms with Crippen molar-refractivity contribution in [1.82, 2.24) is 19.5 Å². The van der Waals surface area contributed by atoms with Gasteiger partial charge in [-0.2, -0.15) is 0 Å². The molecule has 0 spiro atoms. The average Bonchev–Trinajstić information content (AvgIpc) is 3.12. The van der Waals surface area contributed by atoms with Gasteiger partial charge >= 0.3 is 0 Å². The molecule has 1 aliphatic heterocycles. The van der Waals surface area contributed by atoms with Gasteiger partial charge in [-0.25, -0.2) is 9.50 Å². The Hall–Kier alpha value is -3.09. The third-order valence-corrected chi connectivity index (χ3v) is 4.83. The highest BCUT2D eigenvalue weighted by atomic mass is 16.5. The molecular formula is C20H23N5O2. The van der Waals surface area contributed by atoms with Crippen LogP contribution in [-0.2, 0) is 0 Å². The van der Waals surface area contributed by atoms with Crippen LogP contribution in [0.2, 0.25) is 0 Å². The van der Waals surface area contributed by atoms with Crippen LogP contribution in [0.25, 0.3) is 5.65 Å². The topological polar surface area (TPSA) is 63.0 Å². The highest BCUT2D eigenvalue weighted by Crippen LogP contribution is 2.21. The van der Waals surface area contributed by atoms with E-state index in [4.69, 9.17) is 4.74 Å². The minimum atomic E-state index is -0.0529. The zero-order valence-electron chi connectivity index (χ0n) is 15.6. The molecule has 1 fully saturated rings. The molecule has 1 aliphatic rings. The van der Waals surface area contributed by atoms with Crippen molar-refractivity contribution >= 4 is 17.2 Å². The maximum absolute atomic E-state index is 12.9. The summed E-state index contributed by atoms with van der Waals surface area (Å²) in [6.07, 6.45) is 1.67. The number of aryl methyl sites for hydroxylation is 1. The Labute approximate surface area is 158 Å². The number of piperazine rings is 1. The number of amides is 1. The molecule has 0 radical (unpaired) electrons. The van der Waals surface area contributed by atoms with Crippen molar-refractivity contribution in [2.75, 3.05) is 37.7 Å². The summed E-state index contributed by atoms with van der Waals surface area (Å²) in [5.41, 5.74) is 3.56. The Morgan fingerprint density at radius 1 is 1.11 bits per heavy atom. The van der Waals surface area contributed by atoms with Gasteiger partial charge < -0.3 is 14.5 Å². The van der Waals surface area contributed by atoms with Gasteiger partial charge in [-0.1, -0.05) is 18.2 Å². The number of fused-ring (bicyclic) bond motifs is 1. The summed E-state index contributed by atoms with van der Waals surface area (Å²) in [5.74, 6) is 0.469. The molecule has 1 saturated heterocycles. The summed E-state index contributed by atoms with van der Waals surface area (Å²) in [6.45, 7) is 7.56. The lowest BCUT2D eigenvalue weighted by molar-refractivity contribution is 0.0741. The Bertz CT molecular complexity index is 960. The number of imidazole rings is 1. The lowest BCUT2D eigenvalue weighted by Gasteiger charge is -2.36. The Morgan fingerprint density at radius 2 is 1.89 bits per heavy atom. The molecule has 3 aromatic rings. The normalized spacial score (nSPS) is 14.6. The van der Waals surface area contributed by atoms with E-state index in [-0.39, 0.29) is 5.91 Å². The van der Waals surface area contributed by atoms with Crippen molar-refractivity contribution in [3.8, 4) is 5.88 Å². The van der Waals surface area contributed by atoms with E-state index in [1.54, 1.807) is 16.8 Å². The molecule has 4 rings (SSSR count). The van der Waals surface area contributed by atoms with Crippen LogP contribution in [0.1, 0.15) is 23.0 Å². The molecule has 0 aliphatic carbocycles. The second-order valence-electron chi connectivity index (χ2n) is 6.60. The van der Waals surface area contributed by atoms with Gasteiger partial charge in [-0.15, -0.1) is 5.10 Å². The number of para-hydroxylation sites is 1. The van der Waals surface area contributed by atoms with Gasteiger partial charge in [0.1, 0.15) is 5.69 Å². The van der Waals surface area contributed by atoms with E-state index in [0.29, 0.717) is 36.9 Å². The fourth-order valence-electron chi connectivity index (χ4n) is 3.42. The van der Waals surface area contributed by atoms with Gasteiger partial charge in [-0.3, -0.25) is 4.79 Å². The van der Waals surface area contributed by atoms with E-state index < -0.39 is 0 Å². The molecule has 140 valence electrons. The molecule has 1 aromatic carbocycles. The lowest BCUT2D eigenvalue weighted by atomic mass is 10.1. The number of carbonyl (C=O) groups excluding carboxylic acids is 1. The number of aromatic nitrogens is 3. The van der Waals surface area contributed by atoms with Gasteiger partial charge in [0.2, 0.25) is 5.88 Å². The Kier molecular flexibility index (Phi) is 4.66. The molecule has 7 nitrogen and oxygen atoms in total. The molecule has 2 aromatic heterocycles. The lowest BCUT2D eigenvalue weighted by Crippen LogP contribution is -2.49. The zero-order valence-corrected chi connectivity index (χ0v) is 15.6. The summed E-state index contributed by atoms with van der Waals surface area (Å²) < 4.78 is 7.00. The van der Waals surface area contributed by atoms with Crippen LogP contribution in [0, 0.1) is 6.92 Å². The minimum Gasteiger partial charge on any atom is -0.477 e. The number of rotatable bonds is 4. The van der Waals surface area contributed by atoms with E-state index in [2.05, 4.69) is 40.1 Å². The van der Waals surface area contributed by atoms with E-state index in [1.165, 1.54) is 11.3 Å².